The minimum atomic E-state index is -1.23. The molecule has 0 bridgehead atoms. The van der Waals surface area contributed by atoms with Crippen molar-refractivity contribution in [3.63, 3.8) is 0 Å². The smallest absolute Gasteiger partial charge is 0.317 e. The van der Waals surface area contributed by atoms with Gasteiger partial charge in [0, 0.05) is 13.1 Å². The minimum Gasteiger partial charge on any atom is -0.480 e. The van der Waals surface area contributed by atoms with E-state index in [0.29, 0.717) is 0 Å². The maximum Gasteiger partial charge on any atom is 0.317 e. The lowest BCUT2D eigenvalue weighted by Crippen LogP contribution is -2.43. The summed E-state index contributed by atoms with van der Waals surface area (Å²) < 4.78 is 0. The van der Waals surface area contributed by atoms with E-state index in [9.17, 15) is 19.2 Å². The molecular formula is C106H220N6O8. The van der Waals surface area contributed by atoms with Crippen LogP contribution < -0.4 is 0 Å². The maximum absolute atomic E-state index is 10.6. The summed E-state index contributed by atoms with van der Waals surface area (Å²) in [6.07, 6.45) is 103. The molecule has 14 nitrogen and oxygen atoms in total. The van der Waals surface area contributed by atoms with Gasteiger partial charge in [-0.3, -0.25) is 29.0 Å². The molecule has 0 fully saturated rings. The Morgan fingerprint density at radius 1 is 0.125 bits per heavy atom. The average molecular weight is 1710 g/mol. The lowest BCUT2D eigenvalue weighted by Gasteiger charge is -2.23. The van der Waals surface area contributed by atoms with E-state index in [0.717, 1.165) is 9.80 Å². The Bertz CT molecular complexity index is 1510. The Kier molecular flexibility index (Phi) is 118. The van der Waals surface area contributed by atoms with Crippen molar-refractivity contribution >= 4 is 23.9 Å². The molecule has 0 aliphatic heterocycles. The standard InChI is InChI=1S/4C24H51N.C10H16N2O8/c4*1-4-7-10-13-16-19-22-25(23-20-17-14-11-8-5-2)24-21-18-15-12-9-6-3;13-7(14)3-11(4-8(15)16)1-2-12(5-9(17)18)6-10(19)20/h4*4-24H2,1-3H3;1-6H2,(H,13,14)(H,15,16)(H,17,18)(H,19,20). The van der Waals surface area contributed by atoms with Crippen LogP contribution in [0.3, 0.4) is 0 Å². The van der Waals surface area contributed by atoms with Gasteiger partial charge in [0.15, 0.2) is 0 Å². The molecule has 0 rings (SSSR count). The first-order chi connectivity index (χ1) is 58.6. The van der Waals surface area contributed by atoms with Crippen LogP contribution in [0.25, 0.3) is 0 Å². The summed E-state index contributed by atoms with van der Waals surface area (Å²) in [5.41, 5.74) is 0. The van der Waals surface area contributed by atoms with E-state index in [1.165, 1.54) is 541 Å². The number of carbonyl (C=O) groups is 4. The van der Waals surface area contributed by atoms with Gasteiger partial charge in [-0.05, 0) is 156 Å². The van der Waals surface area contributed by atoms with Crippen molar-refractivity contribution in [2.24, 2.45) is 0 Å². The lowest BCUT2D eigenvalue weighted by molar-refractivity contribution is -0.145. The second kappa shape index (κ2) is 113. The SMILES string of the molecule is CCCCCCCCN(CCCCCCCC)CCCCCCCC.CCCCCCCCN(CCCCCCCC)CCCCCCCC.CCCCCCCCN(CCCCCCCC)CCCCCCCC.CCCCCCCCN(CCCCCCCC)CCCCCCCC.O=C(O)CN(CCN(CC(=O)O)CC(=O)O)CC(=O)O. The van der Waals surface area contributed by atoms with E-state index in [4.69, 9.17) is 20.4 Å². The van der Waals surface area contributed by atoms with Crippen LogP contribution in [0.4, 0.5) is 0 Å². The van der Waals surface area contributed by atoms with Crippen molar-refractivity contribution in [1.29, 1.82) is 0 Å². The number of carboxylic acid groups (broad SMARTS) is 4. The molecule has 120 heavy (non-hydrogen) atoms. The van der Waals surface area contributed by atoms with Crippen molar-refractivity contribution in [1.82, 2.24) is 29.4 Å². The number of aliphatic carboxylic acids is 4. The molecule has 0 amide bonds. The van der Waals surface area contributed by atoms with Gasteiger partial charge in [0.05, 0.1) is 26.2 Å². The Morgan fingerprint density at radius 3 is 0.292 bits per heavy atom. The first kappa shape index (κ1) is 126. The van der Waals surface area contributed by atoms with Crippen LogP contribution in [0.15, 0.2) is 0 Å². The highest BCUT2D eigenvalue weighted by molar-refractivity contribution is 5.73. The third kappa shape index (κ3) is 116. The van der Waals surface area contributed by atoms with Crippen LogP contribution >= 0.6 is 0 Å². The van der Waals surface area contributed by atoms with Crippen LogP contribution in [0.1, 0.15) is 545 Å². The summed E-state index contributed by atoms with van der Waals surface area (Å²) in [6, 6.07) is 0. The maximum atomic E-state index is 10.6. The second-order valence-electron chi connectivity index (χ2n) is 36.6. The Morgan fingerprint density at radius 2 is 0.208 bits per heavy atom. The fraction of sp³-hybridized carbons (Fsp3) is 0.962. The molecule has 0 heterocycles. The molecule has 0 saturated carbocycles. The molecule has 0 aromatic carbocycles. The molecule has 0 aliphatic carbocycles. The fourth-order valence-corrected chi connectivity index (χ4v) is 16.2. The molecule has 0 aromatic heterocycles. The third-order valence-electron chi connectivity index (χ3n) is 24.1. The van der Waals surface area contributed by atoms with Gasteiger partial charge >= 0.3 is 23.9 Å². The van der Waals surface area contributed by atoms with E-state index < -0.39 is 50.1 Å². The zero-order valence-corrected chi connectivity index (χ0v) is 83.7. The molecule has 0 spiro atoms. The van der Waals surface area contributed by atoms with Gasteiger partial charge in [-0.25, -0.2) is 0 Å². The van der Waals surface area contributed by atoms with E-state index in [1.54, 1.807) is 0 Å². The predicted octanol–water partition coefficient (Wildman–Crippen LogP) is 31.4. The topological polar surface area (TPSA) is 169 Å². The molecule has 722 valence electrons. The van der Waals surface area contributed by atoms with Crippen molar-refractivity contribution < 1.29 is 39.6 Å². The summed E-state index contributed by atoms with van der Waals surface area (Å²) in [5.74, 6) is -4.91. The lowest BCUT2D eigenvalue weighted by atomic mass is 10.1. The molecule has 0 aliphatic rings. The van der Waals surface area contributed by atoms with Gasteiger partial charge in [0.1, 0.15) is 0 Å². The summed E-state index contributed by atoms with van der Waals surface area (Å²) in [7, 11) is 0. The van der Waals surface area contributed by atoms with Gasteiger partial charge in [-0.1, -0.05) is 468 Å². The highest BCUT2D eigenvalue weighted by Gasteiger charge is 2.19. The molecule has 4 N–H and O–H groups in total. The van der Waals surface area contributed by atoms with Crippen molar-refractivity contribution in [2.45, 2.75) is 545 Å². The average Bonchev–Trinajstić information content (AvgIpc) is 0.931. The van der Waals surface area contributed by atoms with Crippen molar-refractivity contribution in [3.05, 3.63) is 0 Å². The molecule has 0 radical (unpaired) electrons. The molecule has 14 heteroatoms. The van der Waals surface area contributed by atoms with E-state index >= 15 is 0 Å². The van der Waals surface area contributed by atoms with E-state index in [-0.39, 0.29) is 13.1 Å². The Hall–Kier alpha value is -2.36. The van der Waals surface area contributed by atoms with Crippen LogP contribution in [0.2, 0.25) is 0 Å². The first-order valence-corrected chi connectivity index (χ1v) is 53.8. The quantitative estimate of drug-likeness (QED) is 0.0425. The zero-order valence-electron chi connectivity index (χ0n) is 83.7. The number of hydrogen-bond acceptors (Lipinski definition) is 10. The normalized spacial score (nSPS) is 11.4. The molecule has 0 saturated heterocycles. The highest BCUT2D eigenvalue weighted by Crippen LogP contribution is 2.18. The van der Waals surface area contributed by atoms with Crippen LogP contribution in [0.5, 0.6) is 0 Å². The monoisotopic (exact) mass is 1710 g/mol. The summed E-state index contributed by atoms with van der Waals surface area (Å²) in [5, 5.41) is 34.5. The van der Waals surface area contributed by atoms with Gasteiger partial charge in [0.25, 0.3) is 0 Å². The number of rotatable bonds is 95. The number of hydrogen-bond donors (Lipinski definition) is 4. The van der Waals surface area contributed by atoms with Crippen LogP contribution in [-0.4, -0.2) is 192 Å². The van der Waals surface area contributed by atoms with Gasteiger partial charge in [-0.2, -0.15) is 0 Å². The predicted molar refractivity (Wildman–Crippen MR) is 530 cm³/mol. The highest BCUT2D eigenvalue weighted by atomic mass is 16.4. The third-order valence-corrected chi connectivity index (χ3v) is 24.1. The number of carboxylic acids is 4. The molecular weight excluding hydrogens is 1490 g/mol. The Labute approximate surface area is 751 Å². The second-order valence-corrected chi connectivity index (χ2v) is 36.6. The summed E-state index contributed by atoms with van der Waals surface area (Å²) in [4.78, 5) is 55.5. The van der Waals surface area contributed by atoms with E-state index in [1.807, 2.05) is 0 Å². The van der Waals surface area contributed by atoms with Crippen LogP contribution in [0, 0.1) is 0 Å². The van der Waals surface area contributed by atoms with Crippen LogP contribution in [-0.2, 0) is 19.2 Å². The summed E-state index contributed by atoms with van der Waals surface area (Å²) in [6.45, 7) is 41.7. The van der Waals surface area contributed by atoms with Gasteiger partial charge in [0.2, 0.25) is 0 Å². The Balaban J connectivity index is -0.000000460. The van der Waals surface area contributed by atoms with Gasteiger partial charge in [-0.15, -0.1) is 0 Å². The van der Waals surface area contributed by atoms with Crippen molar-refractivity contribution in [2.75, 3.05) is 118 Å². The molecule has 0 aromatic rings. The van der Waals surface area contributed by atoms with Crippen molar-refractivity contribution in [3.8, 4) is 0 Å². The molecule has 0 atom stereocenters. The largest absolute Gasteiger partial charge is 0.480 e. The zero-order chi connectivity index (χ0) is 89.4. The van der Waals surface area contributed by atoms with Gasteiger partial charge < -0.3 is 40.0 Å². The minimum absolute atomic E-state index is 0.0703. The van der Waals surface area contributed by atoms with E-state index in [2.05, 4.69) is 103 Å². The summed E-state index contributed by atoms with van der Waals surface area (Å²) >= 11 is 0. The number of nitrogens with zero attached hydrogens (tertiary/aromatic N) is 6. The first-order valence-electron chi connectivity index (χ1n) is 53.8. The number of unbranched alkanes of at least 4 members (excludes halogenated alkanes) is 60. The fourth-order valence-electron chi connectivity index (χ4n) is 16.2. The molecule has 0 unspecified atom stereocenters.